The molecule has 15 rings (SSSR count). The predicted octanol–water partition coefficient (Wildman–Crippen LogP) is 16.6. The maximum atomic E-state index is 14.0. The maximum Gasteiger partial charge on any atom is 0.223 e. The summed E-state index contributed by atoms with van der Waals surface area (Å²) in [4.78, 5) is 41.3. The van der Waals surface area contributed by atoms with Crippen LogP contribution in [0.1, 0.15) is 101 Å². The molecule has 15 aromatic rings. The Morgan fingerprint density at radius 1 is 0.342 bits per heavy atom. The Balaban J connectivity index is 0.000000144. The molecule has 0 aliphatic carbocycles. The molecule has 11 aromatic heterocycles. The first-order valence-corrected chi connectivity index (χ1v) is 35.6. The van der Waals surface area contributed by atoms with E-state index in [0.29, 0.717) is 104 Å². The van der Waals surface area contributed by atoms with Gasteiger partial charge in [-0.3, -0.25) is 30.4 Å². The van der Waals surface area contributed by atoms with Crippen molar-refractivity contribution in [1.82, 2.24) is 90.6 Å². The number of halogens is 8. The second kappa shape index (κ2) is 36.4. The summed E-state index contributed by atoms with van der Waals surface area (Å²) in [6.07, 6.45) is 6.64. The highest BCUT2D eigenvalue weighted by atomic mass is 19.2. The van der Waals surface area contributed by atoms with Gasteiger partial charge in [0.05, 0.1) is 47.5 Å². The number of rotatable bonds is 23. The lowest BCUT2D eigenvalue weighted by Gasteiger charge is -2.16. The molecule has 0 saturated carbocycles. The van der Waals surface area contributed by atoms with Crippen molar-refractivity contribution in [3.8, 4) is 34.1 Å². The summed E-state index contributed by atoms with van der Waals surface area (Å²) in [7, 11) is 0. The molecule has 4 unspecified atom stereocenters. The van der Waals surface area contributed by atoms with E-state index in [2.05, 4.69) is 154 Å². The molecule has 4 aromatic carbocycles. The normalized spacial score (nSPS) is 12.1. The third-order valence-electron chi connectivity index (χ3n) is 17.0. The molecular weight excluding hydrogens is 1530 g/mol. The fourth-order valence-electron chi connectivity index (χ4n) is 11.4. The molecule has 0 bridgehead atoms. The van der Waals surface area contributed by atoms with Crippen LogP contribution in [0, 0.1) is 46.5 Å². The van der Waals surface area contributed by atoms with Gasteiger partial charge in [0.2, 0.25) is 23.8 Å². The first-order chi connectivity index (χ1) is 56.0. The third-order valence-corrected chi connectivity index (χ3v) is 17.0. The number of nitrogens with one attached hydrogen (secondary N) is 12. The largest absolute Gasteiger partial charge is 0.463 e. The monoisotopic (exact) mass is 1600 g/mol. The van der Waals surface area contributed by atoms with Crippen LogP contribution in [-0.4, -0.2) is 90.6 Å². The van der Waals surface area contributed by atoms with Crippen LogP contribution in [0.4, 0.5) is 129 Å². The van der Waals surface area contributed by atoms with Gasteiger partial charge in [-0.25, -0.2) is 35.1 Å². The summed E-state index contributed by atoms with van der Waals surface area (Å²) in [5.74, 6) is 0.966. The highest BCUT2D eigenvalue weighted by Gasteiger charge is 2.22. The first kappa shape index (κ1) is 81.2. The number of anilines is 16. The lowest BCUT2D eigenvalue weighted by atomic mass is 9.92. The van der Waals surface area contributed by atoms with Crippen LogP contribution < -0.4 is 65.5 Å². The summed E-state index contributed by atoms with van der Waals surface area (Å²) in [6, 6.07) is 38.4. The van der Waals surface area contributed by atoms with Crippen molar-refractivity contribution in [2.24, 2.45) is 0 Å². The van der Waals surface area contributed by atoms with Crippen LogP contribution in [-0.2, 0) is 5.41 Å². The summed E-state index contributed by atoms with van der Waals surface area (Å²) >= 11 is 0. The Morgan fingerprint density at radius 2 is 0.684 bits per heavy atom. The van der Waals surface area contributed by atoms with Gasteiger partial charge in [0.1, 0.15) is 98.8 Å². The lowest BCUT2D eigenvalue weighted by Crippen LogP contribution is -2.12. The zero-order valence-electron chi connectivity index (χ0n) is 63.2. The molecule has 20 N–H and O–H groups in total. The number of nitrogens with zero attached hydrogens (tertiary/aromatic N) is 14. The number of furan rings is 1. The smallest absolute Gasteiger partial charge is 0.223 e. The molecular formula is C78H76F8N30O. The number of nitrogen functional groups attached to an aromatic ring is 4. The summed E-state index contributed by atoms with van der Waals surface area (Å²) in [5.41, 5.74) is 29.2. The number of hydrogen-bond donors (Lipinski definition) is 16. The van der Waals surface area contributed by atoms with Crippen molar-refractivity contribution in [3.63, 3.8) is 0 Å². The molecule has 39 heteroatoms. The van der Waals surface area contributed by atoms with Crippen LogP contribution in [0.5, 0.6) is 0 Å². The Morgan fingerprint density at radius 3 is 1.03 bits per heavy atom. The van der Waals surface area contributed by atoms with Gasteiger partial charge in [-0.1, -0.05) is 51.1 Å². The topological polar surface area (TPSA) is 457 Å². The van der Waals surface area contributed by atoms with Crippen LogP contribution in [0.25, 0.3) is 34.1 Å². The molecule has 0 spiro atoms. The van der Waals surface area contributed by atoms with E-state index < -0.39 is 70.7 Å². The first-order valence-electron chi connectivity index (χ1n) is 35.6. The van der Waals surface area contributed by atoms with Crippen molar-refractivity contribution in [1.29, 1.82) is 0 Å². The standard InChI is InChI=1S/2C20H18F2N8.C19H17F2N7O.C19H23F2N7/c1-11(14-3-2-13(21)8-15(14)22)25-17-10-18(28-20(23)27-17)26-19-9-16(29-30-19)12-4-6-24-7-5-12;1-11(13-6-5-12(21)8-14(13)22)25-17-10-18(28-20(23)27-17)26-19-9-16(29-30-19)15-4-2-3-7-24-15;1-10(12-5-4-11(20)7-13(12)21)23-16-9-17(26-19(22)25-16)24-18-8-14(27-28-18)15-3-2-6-29-15;1-10(12-6-5-11(20)7-13(12)21)23-15-9-16(26-18(22)25-15)24-17-8-14(27-28-17)19(2,3)4/h2*2-11H,1H3,(H5,23,25,26,27,28,29,30);2-10H,1H3,(H5,22,23,24,25,26,27,28);5-10H,1-4H3,(H5,22,23,24,25,26,27,28). The van der Waals surface area contributed by atoms with E-state index in [-0.39, 0.29) is 29.2 Å². The number of pyridine rings is 2. The fourth-order valence-corrected chi connectivity index (χ4v) is 11.4. The molecule has 0 fully saturated rings. The molecule has 0 aliphatic rings. The quantitative estimate of drug-likeness (QED) is 0.0264. The molecule has 117 heavy (non-hydrogen) atoms. The lowest BCUT2D eigenvalue weighted by molar-refractivity contribution is 0.565. The minimum atomic E-state index is -0.646. The van der Waals surface area contributed by atoms with E-state index in [4.69, 9.17) is 27.4 Å². The zero-order chi connectivity index (χ0) is 83.0. The van der Waals surface area contributed by atoms with E-state index in [9.17, 15) is 35.1 Å². The molecule has 0 aliphatic heterocycles. The Hall–Kier alpha value is -15.3. The molecule has 600 valence electrons. The molecule has 0 radical (unpaired) electrons. The van der Waals surface area contributed by atoms with Crippen LogP contribution in [0.3, 0.4) is 0 Å². The van der Waals surface area contributed by atoms with Gasteiger partial charge >= 0.3 is 0 Å². The molecule has 0 saturated heterocycles. The van der Waals surface area contributed by atoms with E-state index in [1.54, 1.807) is 101 Å². The second-order valence-corrected chi connectivity index (χ2v) is 27.0. The SMILES string of the molecule is CC(Nc1cc(Nc2cc(-c3ccccn3)[nH]n2)nc(N)n1)c1ccc(F)cc1F.CC(Nc1cc(Nc2cc(-c3ccco3)[nH]n2)nc(N)n1)c1ccc(F)cc1F.CC(Nc1cc(Nc2cc(-c3ccncc3)[nH]n2)nc(N)n1)c1ccc(F)cc1F.CC(Nc1cc(Nc2cc(C(C)(C)C)[nH]n2)nc(N)n1)c1ccc(F)cc1F. The average Bonchev–Trinajstić information content (AvgIpc) is 1.83. The Bertz CT molecular complexity index is 5660. The molecule has 4 atom stereocenters. The number of aromatic amines is 4. The Labute approximate surface area is 661 Å². The van der Waals surface area contributed by atoms with Gasteiger partial charge in [-0.15, -0.1) is 0 Å². The van der Waals surface area contributed by atoms with Crippen molar-refractivity contribution >= 4 is 93.6 Å². The van der Waals surface area contributed by atoms with E-state index in [1.165, 1.54) is 48.5 Å². The summed E-state index contributed by atoms with van der Waals surface area (Å²) in [6.45, 7) is 13.2. The maximum absolute atomic E-state index is 14.0. The van der Waals surface area contributed by atoms with Crippen molar-refractivity contribution < 1.29 is 39.5 Å². The number of H-pyrrole nitrogens is 4. The van der Waals surface area contributed by atoms with Crippen molar-refractivity contribution in [2.45, 2.75) is 78.0 Å². The number of benzene rings is 4. The highest BCUT2D eigenvalue weighted by molar-refractivity contribution is 5.68. The predicted molar refractivity (Wildman–Crippen MR) is 430 cm³/mol. The van der Waals surface area contributed by atoms with Crippen molar-refractivity contribution in [2.75, 3.05) is 65.5 Å². The number of aromatic nitrogens is 18. The van der Waals surface area contributed by atoms with E-state index in [0.717, 1.165) is 52.6 Å². The Kier molecular flexibility index (Phi) is 25.3. The minimum absolute atomic E-state index is 0.0195. The van der Waals surface area contributed by atoms with Crippen molar-refractivity contribution in [3.05, 3.63) is 263 Å². The summed E-state index contributed by atoms with van der Waals surface area (Å²) in [5, 5.41) is 52.8. The van der Waals surface area contributed by atoms with Gasteiger partial charge in [0, 0.05) is 130 Å². The van der Waals surface area contributed by atoms with Crippen LogP contribution >= 0.6 is 0 Å². The van der Waals surface area contributed by atoms with Gasteiger partial charge in [-0.05, 0) is 88.4 Å². The highest BCUT2D eigenvalue weighted by Crippen LogP contribution is 2.33. The molecule has 31 nitrogen and oxygen atoms in total. The van der Waals surface area contributed by atoms with Crippen LogP contribution in [0.2, 0.25) is 0 Å². The van der Waals surface area contributed by atoms with Gasteiger partial charge < -0.3 is 69.9 Å². The van der Waals surface area contributed by atoms with Gasteiger partial charge in [0.25, 0.3) is 0 Å². The van der Waals surface area contributed by atoms with Crippen LogP contribution in [0.15, 0.2) is 193 Å². The average molecular weight is 1600 g/mol. The molecule has 0 amide bonds. The summed E-state index contributed by atoms with van der Waals surface area (Å²) < 4.78 is 114. The van der Waals surface area contributed by atoms with Gasteiger partial charge in [0.15, 0.2) is 29.0 Å². The zero-order valence-corrected chi connectivity index (χ0v) is 63.2. The fraction of sp³-hybridized carbons (Fsp3) is 0.154. The number of nitrogens with two attached hydrogens (primary N) is 4. The second-order valence-electron chi connectivity index (χ2n) is 27.0. The van der Waals surface area contributed by atoms with E-state index in [1.807, 2.05) is 42.5 Å². The number of hydrogen-bond acceptors (Lipinski definition) is 27. The van der Waals surface area contributed by atoms with E-state index >= 15 is 0 Å². The van der Waals surface area contributed by atoms with Gasteiger partial charge in [-0.2, -0.15) is 60.3 Å². The minimum Gasteiger partial charge on any atom is -0.463 e. The molecule has 11 heterocycles. The third kappa shape index (κ3) is 22.3.